The molecule has 0 saturated heterocycles. The molecule has 1 aromatic carbocycles. The van der Waals surface area contributed by atoms with Gasteiger partial charge in [-0.15, -0.1) is 11.6 Å². The smallest absolute Gasteiger partial charge is 0.207 e. The van der Waals surface area contributed by atoms with Crippen molar-refractivity contribution in [1.82, 2.24) is 4.31 Å². The summed E-state index contributed by atoms with van der Waals surface area (Å²) in [5.74, 6) is 0. The van der Waals surface area contributed by atoms with Crippen LogP contribution in [0.3, 0.4) is 0 Å². The summed E-state index contributed by atoms with van der Waals surface area (Å²) in [6, 6.07) is 6.72. The first-order valence-electron chi connectivity index (χ1n) is 4.70. The lowest BCUT2D eigenvalue weighted by molar-refractivity contribution is 0.470. The van der Waals surface area contributed by atoms with Gasteiger partial charge in [0, 0.05) is 23.4 Å². The van der Waals surface area contributed by atoms with E-state index in [1.807, 2.05) is 0 Å². The van der Waals surface area contributed by atoms with Crippen LogP contribution < -0.4 is 0 Å². The van der Waals surface area contributed by atoms with Gasteiger partial charge in [-0.1, -0.05) is 12.1 Å². The molecule has 0 aliphatic heterocycles. The molecule has 0 radical (unpaired) electrons. The summed E-state index contributed by atoms with van der Waals surface area (Å²) in [7, 11) is -1.94. The number of nitrogens with zero attached hydrogens (tertiary/aromatic N) is 1. The van der Waals surface area contributed by atoms with Crippen molar-refractivity contribution >= 4 is 37.6 Å². The van der Waals surface area contributed by atoms with Gasteiger partial charge in [-0.2, -0.15) is 4.31 Å². The van der Waals surface area contributed by atoms with Crippen LogP contribution in [-0.2, 0) is 10.0 Å². The Labute approximate surface area is 110 Å². The maximum Gasteiger partial charge on any atom is 0.243 e. The Balaban J connectivity index is 3.08. The zero-order chi connectivity index (χ0) is 12.3. The molecular weight excluding hydrogens is 314 g/mol. The molecule has 0 N–H and O–H groups in total. The van der Waals surface area contributed by atoms with Crippen LogP contribution in [0.25, 0.3) is 0 Å². The molecule has 0 bridgehead atoms. The van der Waals surface area contributed by atoms with Crippen molar-refractivity contribution in [3.8, 4) is 0 Å². The van der Waals surface area contributed by atoms with E-state index in [0.717, 1.165) is 0 Å². The van der Waals surface area contributed by atoms with Crippen molar-refractivity contribution in [3.63, 3.8) is 0 Å². The van der Waals surface area contributed by atoms with E-state index in [1.54, 1.807) is 31.2 Å². The normalized spacial score (nSPS) is 14.1. The van der Waals surface area contributed by atoms with E-state index in [2.05, 4.69) is 15.9 Å². The molecule has 1 atom stereocenters. The summed E-state index contributed by atoms with van der Waals surface area (Å²) in [5.41, 5.74) is 0. The highest BCUT2D eigenvalue weighted by Gasteiger charge is 2.23. The molecule has 0 aromatic heterocycles. The molecule has 6 heteroatoms. The fourth-order valence-corrected chi connectivity index (χ4v) is 3.78. The molecule has 0 spiro atoms. The lowest BCUT2D eigenvalue weighted by Crippen LogP contribution is -2.31. The first-order valence-corrected chi connectivity index (χ1v) is 7.37. The molecule has 90 valence electrons. The third-order valence-electron chi connectivity index (χ3n) is 2.03. The molecule has 1 rings (SSSR count). The summed E-state index contributed by atoms with van der Waals surface area (Å²) in [6.45, 7) is 2.04. The van der Waals surface area contributed by atoms with Crippen LogP contribution in [0.4, 0.5) is 0 Å². The molecule has 0 aliphatic rings. The molecule has 1 aromatic rings. The second-order valence-corrected chi connectivity index (χ2v) is 7.11. The molecule has 0 heterocycles. The van der Waals surface area contributed by atoms with Crippen LogP contribution >= 0.6 is 27.5 Å². The van der Waals surface area contributed by atoms with E-state index in [1.165, 1.54) is 11.4 Å². The summed E-state index contributed by atoms with van der Waals surface area (Å²) < 4.78 is 26.1. The summed E-state index contributed by atoms with van der Waals surface area (Å²) in [4.78, 5) is 0.259. The van der Waals surface area contributed by atoms with Gasteiger partial charge in [-0.3, -0.25) is 0 Å². The van der Waals surface area contributed by atoms with E-state index in [-0.39, 0.29) is 16.8 Å². The molecular formula is C10H13BrClNO2S. The fraction of sp³-hybridized carbons (Fsp3) is 0.400. The molecule has 3 nitrogen and oxygen atoms in total. The third kappa shape index (κ3) is 3.20. The predicted octanol–water partition coefficient (Wildman–Crippen LogP) is 2.70. The van der Waals surface area contributed by atoms with Crippen LogP contribution in [-0.4, -0.2) is 31.7 Å². The highest BCUT2D eigenvalue weighted by molar-refractivity contribution is 9.10. The Morgan fingerprint density at radius 2 is 2.00 bits per heavy atom. The van der Waals surface area contributed by atoms with Gasteiger partial charge in [0.25, 0.3) is 0 Å². The standard InChI is InChI=1S/C10H13BrClNO2S/c1-8(12)7-13(2)16(14,15)10-6-4-3-5-9(10)11/h3-6,8H,7H2,1-2H3. The Morgan fingerprint density at radius 1 is 1.44 bits per heavy atom. The third-order valence-corrected chi connectivity index (χ3v) is 5.01. The van der Waals surface area contributed by atoms with Gasteiger partial charge in [-0.25, -0.2) is 8.42 Å². The van der Waals surface area contributed by atoms with E-state index in [0.29, 0.717) is 4.47 Å². The number of hydrogen-bond acceptors (Lipinski definition) is 2. The zero-order valence-corrected chi connectivity index (χ0v) is 12.2. The quantitative estimate of drug-likeness (QED) is 0.798. The first-order chi connectivity index (χ1) is 7.35. The van der Waals surface area contributed by atoms with Gasteiger partial charge >= 0.3 is 0 Å². The van der Waals surface area contributed by atoms with Gasteiger partial charge in [0.05, 0.1) is 4.90 Å². The van der Waals surface area contributed by atoms with Gasteiger partial charge in [0.2, 0.25) is 10.0 Å². The fourth-order valence-electron chi connectivity index (χ4n) is 1.27. The minimum atomic E-state index is -3.46. The van der Waals surface area contributed by atoms with Crippen molar-refractivity contribution < 1.29 is 8.42 Å². The van der Waals surface area contributed by atoms with Crippen molar-refractivity contribution in [1.29, 1.82) is 0 Å². The average molecular weight is 327 g/mol. The monoisotopic (exact) mass is 325 g/mol. The highest BCUT2D eigenvalue weighted by Crippen LogP contribution is 2.24. The van der Waals surface area contributed by atoms with Gasteiger partial charge < -0.3 is 0 Å². The second-order valence-electron chi connectivity index (χ2n) is 3.50. The Kier molecular flexibility index (Phi) is 4.79. The number of halogens is 2. The van der Waals surface area contributed by atoms with Gasteiger partial charge in [-0.05, 0) is 35.0 Å². The SMILES string of the molecule is CC(Cl)CN(C)S(=O)(=O)c1ccccc1Br. The van der Waals surface area contributed by atoms with Crippen LogP contribution in [0, 0.1) is 0 Å². The molecule has 0 fully saturated rings. The van der Waals surface area contributed by atoms with E-state index >= 15 is 0 Å². The van der Waals surface area contributed by atoms with Crippen molar-refractivity contribution in [2.75, 3.05) is 13.6 Å². The van der Waals surface area contributed by atoms with Crippen molar-refractivity contribution in [2.45, 2.75) is 17.2 Å². The zero-order valence-electron chi connectivity index (χ0n) is 9.02. The topological polar surface area (TPSA) is 37.4 Å². The van der Waals surface area contributed by atoms with Crippen molar-refractivity contribution in [3.05, 3.63) is 28.7 Å². The average Bonchev–Trinajstić information content (AvgIpc) is 2.16. The van der Waals surface area contributed by atoms with Crippen LogP contribution in [0.15, 0.2) is 33.6 Å². The molecule has 16 heavy (non-hydrogen) atoms. The Morgan fingerprint density at radius 3 is 2.50 bits per heavy atom. The van der Waals surface area contributed by atoms with E-state index in [4.69, 9.17) is 11.6 Å². The first kappa shape index (κ1) is 14.0. The molecule has 0 saturated carbocycles. The van der Waals surface area contributed by atoms with Crippen LogP contribution in [0.2, 0.25) is 0 Å². The predicted molar refractivity (Wildman–Crippen MR) is 69.3 cm³/mol. The summed E-state index contributed by atoms with van der Waals surface area (Å²) >= 11 is 9.02. The number of benzene rings is 1. The minimum Gasteiger partial charge on any atom is -0.207 e. The van der Waals surface area contributed by atoms with Gasteiger partial charge in [0.15, 0.2) is 0 Å². The lowest BCUT2D eigenvalue weighted by atomic mass is 10.4. The number of hydrogen-bond donors (Lipinski definition) is 0. The molecule has 1 unspecified atom stereocenters. The molecule has 0 aliphatic carbocycles. The largest absolute Gasteiger partial charge is 0.243 e. The molecule has 0 amide bonds. The van der Waals surface area contributed by atoms with E-state index in [9.17, 15) is 8.42 Å². The Hall–Kier alpha value is -0.100. The lowest BCUT2D eigenvalue weighted by Gasteiger charge is -2.18. The van der Waals surface area contributed by atoms with Crippen molar-refractivity contribution in [2.24, 2.45) is 0 Å². The maximum atomic E-state index is 12.1. The number of alkyl halides is 1. The van der Waals surface area contributed by atoms with Gasteiger partial charge in [0.1, 0.15) is 0 Å². The van der Waals surface area contributed by atoms with E-state index < -0.39 is 10.0 Å². The highest BCUT2D eigenvalue weighted by atomic mass is 79.9. The Bertz CT molecular complexity index is 462. The second kappa shape index (κ2) is 5.49. The number of sulfonamides is 1. The minimum absolute atomic E-state index is 0.220. The summed E-state index contributed by atoms with van der Waals surface area (Å²) in [5, 5.41) is -0.220. The van der Waals surface area contributed by atoms with Crippen LogP contribution in [0.1, 0.15) is 6.92 Å². The maximum absolute atomic E-state index is 12.1. The van der Waals surface area contributed by atoms with Crippen LogP contribution in [0.5, 0.6) is 0 Å². The number of rotatable bonds is 4. The summed E-state index contributed by atoms with van der Waals surface area (Å²) in [6.07, 6.45) is 0.